The number of benzene rings is 1. The van der Waals surface area contributed by atoms with Gasteiger partial charge in [0.2, 0.25) is 0 Å². The van der Waals surface area contributed by atoms with Crippen molar-refractivity contribution >= 4 is 17.9 Å². The van der Waals surface area contributed by atoms with Crippen LogP contribution >= 0.6 is 0 Å². The number of aryl methyl sites for hydroxylation is 1. The Hall–Kier alpha value is -2.78. The summed E-state index contributed by atoms with van der Waals surface area (Å²) in [5.41, 5.74) is 0.231. The second-order valence-corrected chi connectivity index (χ2v) is 4.39. The molecule has 23 heavy (non-hydrogen) atoms. The molecule has 7 nitrogen and oxygen atoms in total. The lowest BCUT2D eigenvalue weighted by Crippen LogP contribution is -2.44. The molecular weight excluding hydrogens is 321 g/mol. The fourth-order valence-corrected chi connectivity index (χ4v) is 1.42. The summed E-state index contributed by atoms with van der Waals surface area (Å²) in [4.78, 5) is 33.9. The molecule has 0 aliphatic heterocycles. The van der Waals surface area contributed by atoms with Gasteiger partial charge in [-0.2, -0.15) is 13.2 Å². The molecule has 1 aromatic rings. The first-order chi connectivity index (χ1) is 10.6. The number of ether oxygens (including phenoxy) is 1. The van der Waals surface area contributed by atoms with Crippen molar-refractivity contribution in [3.8, 4) is 5.75 Å². The summed E-state index contributed by atoms with van der Waals surface area (Å²) in [5, 5.41) is 12.6. The fourth-order valence-electron chi connectivity index (χ4n) is 1.42. The van der Waals surface area contributed by atoms with Crippen molar-refractivity contribution in [3.05, 3.63) is 29.3 Å². The van der Waals surface area contributed by atoms with Crippen LogP contribution in [0.1, 0.15) is 15.9 Å². The Labute approximate surface area is 128 Å². The number of esters is 1. The number of para-hydroxylation sites is 1. The number of carbonyl (C=O) groups is 3. The number of hydrogen-bond acceptors (Lipinski definition) is 5. The lowest BCUT2D eigenvalue weighted by atomic mass is 10.1. The minimum Gasteiger partial charge on any atom is -0.507 e. The molecule has 0 bridgehead atoms. The number of phenolic OH excluding ortho intramolecular Hbond substituents is 1. The SMILES string of the molecule is Cc1cccc(C(=O)OCC(=O)NC(=O)NCC(F)(F)F)c1O. The molecule has 10 heteroatoms. The number of phenols is 1. The Bertz CT molecular complexity index is 616. The second kappa shape index (κ2) is 7.47. The first kappa shape index (κ1) is 18.3. The van der Waals surface area contributed by atoms with Crippen molar-refractivity contribution in [1.29, 1.82) is 0 Å². The smallest absolute Gasteiger partial charge is 0.405 e. The van der Waals surface area contributed by atoms with E-state index in [9.17, 15) is 32.7 Å². The predicted molar refractivity (Wildman–Crippen MR) is 70.7 cm³/mol. The van der Waals surface area contributed by atoms with E-state index < -0.39 is 37.2 Å². The van der Waals surface area contributed by atoms with Crippen molar-refractivity contribution in [3.63, 3.8) is 0 Å². The number of nitrogens with one attached hydrogen (secondary N) is 2. The standard InChI is InChI=1S/C13H13F3N2O5/c1-7-3-2-4-8(10(7)20)11(21)23-5-9(19)18-12(22)17-6-13(14,15)16/h2-4,20H,5-6H2,1H3,(H2,17,18,19,22). The second-order valence-electron chi connectivity index (χ2n) is 4.39. The molecule has 0 saturated heterocycles. The van der Waals surface area contributed by atoms with Crippen LogP contribution in [-0.4, -0.2) is 42.3 Å². The maximum absolute atomic E-state index is 11.8. The summed E-state index contributed by atoms with van der Waals surface area (Å²) in [7, 11) is 0. The monoisotopic (exact) mass is 334 g/mol. The van der Waals surface area contributed by atoms with Gasteiger partial charge in [0.1, 0.15) is 17.9 Å². The fraction of sp³-hybridized carbons (Fsp3) is 0.308. The van der Waals surface area contributed by atoms with Gasteiger partial charge in [0.15, 0.2) is 6.61 Å². The average Bonchev–Trinajstić information content (AvgIpc) is 2.45. The van der Waals surface area contributed by atoms with E-state index in [0.29, 0.717) is 5.56 Å². The molecule has 0 aliphatic rings. The summed E-state index contributed by atoms with van der Waals surface area (Å²) in [6.45, 7) is -0.960. The summed E-state index contributed by atoms with van der Waals surface area (Å²) < 4.78 is 40.1. The molecule has 1 rings (SSSR count). The van der Waals surface area contributed by atoms with E-state index >= 15 is 0 Å². The zero-order valence-electron chi connectivity index (χ0n) is 11.9. The number of alkyl halides is 3. The van der Waals surface area contributed by atoms with Crippen LogP contribution in [0.4, 0.5) is 18.0 Å². The zero-order chi connectivity index (χ0) is 17.6. The molecule has 0 aromatic heterocycles. The van der Waals surface area contributed by atoms with Gasteiger partial charge in [0.05, 0.1) is 0 Å². The molecule has 0 heterocycles. The van der Waals surface area contributed by atoms with Crippen molar-refractivity contribution in [1.82, 2.24) is 10.6 Å². The van der Waals surface area contributed by atoms with E-state index in [0.717, 1.165) is 0 Å². The van der Waals surface area contributed by atoms with Crippen LogP contribution in [0.3, 0.4) is 0 Å². The molecule has 0 unspecified atom stereocenters. The third kappa shape index (κ3) is 6.24. The zero-order valence-corrected chi connectivity index (χ0v) is 11.9. The third-order valence-electron chi connectivity index (χ3n) is 2.49. The molecule has 0 spiro atoms. The van der Waals surface area contributed by atoms with Crippen LogP contribution in [0.25, 0.3) is 0 Å². The molecule has 0 radical (unpaired) electrons. The summed E-state index contributed by atoms with van der Waals surface area (Å²) in [6, 6.07) is 2.92. The number of rotatable bonds is 4. The first-order valence-electron chi connectivity index (χ1n) is 6.20. The highest BCUT2D eigenvalue weighted by Crippen LogP contribution is 2.21. The van der Waals surface area contributed by atoms with Crippen LogP contribution in [-0.2, 0) is 9.53 Å². The van der Waals surface area contributed by atoms with Crippen molar-refractivity contribution in [2.24, 2.45) is 0 Å². The summed E-state index contributed by atoms with van der Waals surface area (Å²) in [6.07, 6.45) is -4.62. The summed E-state index contributed by atoms with van der Waals surface area (Å²) >= 11 is 0. The highest BCUT2D eigenvalue weighted by Gasteiger charge is 2.28. The average molecular weight is 334 g/mol. The van der Waals surface area contributed by atoms with Gasteiger partial charge in [-0.3, -0.25) is 10.1 Å². The van der Waals surface area contributed by atoms with E-state index in [2.05, 4.69) is 4.74 Å². The number of urea groups is 1. The van der Waals surface area contributed by atoms with Crippen molar-refractivity contribution in [2.75, 3.05) is 13.2 Å². The molecule has 3 N–H and O–H groups in total. The predicted octanol–water partition coefficient (Wildman–Crippen LogP) is 1.25. The Morgan fingerprint density at radius 3 is 2.52 bits per heavy atom. The van der Waals surface area contributed by atoms with Gasteiger partial charge in [-0.05, 0) is 18.6 Å². The minimum absolute atomic E-state index is 0.181. The van der Waals surface area contributed by atoms with Gasteiger partial charge in [-0.15, -0.1) is 0 Å². The van der Waals surface area contributed by atoms with Gasteiger partial charge in [0.25, 0.3) is 5.91 Å². The van der Waals surface area contributed by atoms with Gasteiger partial charge in [-0.1, -0.05) is 12.1 Å². The van der Waals surface area contributed by atoms with E-state index in [-0.39, 0.29) is 11.3 Å². The van der Waals surface area contributed by atoms with Crippen LogP contribution in [0.15, 0.2) is 18.2 Å². The van der Waals surface area contributed by atoms with Crippen LogP contribution in [0.2, 0.25) is 0 Å². The van der Waals surface area contributed by atoms with E-state index in [1.54, 1.807) is 18.3 Å². The van der Waals surface area contributed by atoms with Gasteiger partial charge in [0, 0.05) is 0 Å². The highest BCUT2D eigenvalue weighted by molar-refractivity contribution is 5.97. The number of imide groups is 1. The highest BCUT2D eigenvalue weighted by atomic mass is 19.4. The summed E-state index contributed by atoms with van der Waals surface area (Å²) in [5.74, 6) is -2.46. The number of halogens is 3. The largest absolute Gasteiger partial charge is 0.507 e. The molecule has 3 amide bonds. The normalized spacial score (nSPS) is 10.8. The minimum atomic E-state index is -4.62. The van der Waals surface area contributed by atoms with E-state index in [1.165, 1.54) is 17.4 Å². The van der Waals surface area contributed by atoms with Crippen molar-refractivity contribution in [2.45, 2.75) is 13.1 Å². The Kier molecular flexibility index (Phi) is 5.94. The van der Waals surface area contributed by atoms with Gasteiger partial charge < -0.3 is 15.2 Å². The number of aromatic hydroxyl groups is 1. The van der Waals surface area contributed by atoms with Gasteiger partial charge in [-0.25, -0.2) is 9.59 Å². The maximum Gasteiger partial charge on any atom is 0.405 e. The number of carbonyl (C=O) groups excluding carboxylic acids is 3. The Morgan fingerprint density at radius 1 is 1.26 bits per heavy atom. The van der Waals surface area contributed by atoms with Crippen LogP contribution < -0.4 is 10.6 Å². The van der Waals surface area contributed by atoms with Crippen LogP contribution in [0.5, 0.6) is 5.75 Å². The van der Waals surface area contributed by atoms with E-state index in [1.807, 2.05) is 0 Å². The topological polar surface area (TPSA) is 105 Å². The Balaban J connectivity index is 2.45. The molecule has 0 aliphatic carbocycles. The molecular formula is C13H13F3N2O5. The lowest BCUT2D eigenvalue weighted by Gasteiger charge is -2.10. The molecule has 0 saturated carbocycles. The molecule has 126 valence electrons. The van der Waals surface area contributed by atoms with Crippen molar-refractivity contribution < 1.29 is 37.4 Å². The number of amides is 3. The first-order valence-corrected chi connectivity index (χ1v) is 6.20. The molecule has 0 atom stereocenters. The van der Waals surface area contributed by atoms with E-state index in [4.69, 9.17) is 0 Å². The lowest BCUT2D eigenvalue weighted by molar-refractivity contribution is -0.125. The Morgan fingerprint density at radius 2 is 1.91 bits per heavy atom. The molecule has 1 aromatic carbocycles. The van der Waals surface area contributed by atoms with Gasteiger partial charge >= 0.3 is 18.2 Å². The van der Waals surface area contributed by atoms with Crippen LogP contribution in [0, 0.1) is 6.92 Å². The molecule has 0 fully saturated rings. The quantitative estimate of drug-likeness (QED) is 0.719. The number of hydrogen-bond donors (Lipinski definition) is 3. The third-order valence-corrected chi connectivity index (χ3v) is 2.49. The maximum atomic E-state index is 11.8.